The average Bonchev–Trinajstić information content (AvgIpc) is 3.25. The molecule has 0 bridgehead atoms. The van der Waals surface area contributed by atoms with Gasteiger partial charge < -0.3 is 0 Å². The van der Waals surface area contributed by atoms with Crippen molar-refractivity contribution in [3.05, 3.63) is 82.8 Å². The summed E-state index contributed by atoms with van der Waals surface area (Å²) < 4.78 is 115. The summed E-state index contributed by atoms with van der Waals surface area (Å²) in [6, 6.07) is 6.29. The minimum Gasteiger partial charge on any atom is -0.281 e. The quantitative estimate of drug-likeness (QED) is 0.138. The zero-order valence-electron chi connectivity index (χ0n) is 23.6. The van der Waals surface area contributed by atoms with Gasteiger partial charge in [0.1, 0.15) is 29.7 Å². The van der Waals surface area contributed by atoms with Crippen molar-refractivity contribution < 1.29 is 49.3 Å². The van der Waals surface area contributed by atoms with E-state index < -0.39 is 78.5 Å². The number of phosphoric ester groups is 1. The van der Waals surface area contributed by atoms with E-state index in [0.29, 0.717) is 11.0 Å². The van der Waals surface area contributed by atoms with Gasteiger partial charge >= 0.3 is 14.0 Å². The van der Waals surface area contributed by atoms with Crippen molar-refractivity contribution >= 4 is 19.5 Å². The number of phosphoric acid groups is 1. The van der Waals surface area contributed by atoms with Crippen LogP contribution in [0.4, 0.5) is 32.2 Å². The molecule has 8 nitrogen and oxygen atoms in total. The van der Waals surface area contributed by atoms with Gasteiger partial charge in [0.05, 0.1) is 23.3 Å². The zero-order valence-corrected chi connectivity index (χ0v) is 24.5. The molecule has 0 fully saturated rings. The van der Waals surface area contributed by atoms with E-state index in [9.17, 15) is 35.7 Å². The number of halogens is 6. The van der Waals surface area contributed by atoms with E-state index in [0.717, 1.165) is 47.3 Å². The van der Waals surface area contributed by atoms with Crippen LogP contribution in [-0.4, -0.2) is 33.6 Å². The molecule has 0 aliphatic carbocycles. The average molecular weight is 622 g/mol. The van der Waals surface area contributed by atoms with Gasteiger partial charge in [-0.05, 0) is 65.8 Å². The predicted molar refractivity (Wildman–Crippen MR) is 141 cm³/mol. The first kappa shape index (κ1) is 33.3. The number of hydrogen-bond donors (Lipinski definition) is 0. The van der Waals surface area contributed by atoms with E-state index in [-0.39, 0.29) is 5.82 Å². The molecule has 42 heavy (non-hydrogen) atoms. The van der Waals surface area contributed by atoms with Gasteiger partial charge in [-0.25, -0.2) is 17.7 Å². The van der Waals surface area contributed by atoms with Gasteiger partial charge in [-0.2, -0.15) is 18.3 Å². The van der Waals surface area contributed by atoms with Crippen molar-refractivity contribution in [1.82, 2.24) is 9.78 Å². The van der Waals surface area contributed by atoms with E-state index in [1.165, 1.54) is 0 Å². The molecule has 0 radical (unpaired) electrons. The van der Waals surface area contributed by atoms with Crippen LogP contribution in [0.3, 0.4) is 0 Å². The van der Waals surface area contributed by atoms with Gasteiger partial charge in [-0.3, -0.25) is 27.9 Å². The number of carbonyl (C=O) groups is 1. The van der Waals surface area contributed by atoms with E-state index in [1.54, 1.807) is 41.5 Å². The number of aromatic nitrogens is 2. The Kier molecular flexibility index (Phi) is 9.67. The van der Waals surface area contributed by atoms with Crippen LogP contribution in [0.2, 0.25) is 0 Å². The second-order valence-electron chi connectivity index (χ2n) is 11.1. The minimum atomic E-state index is -4.87. The maximum Gasteiger partial charge on any atom is 0.477 e. The summed E-state index contributed by atoms with van der Waals surface area (Å²) in [5, 5.41) is 4.02. The number of nitrogens with zero attached hydrogens (tertiary/aromatic N) is 3. The van der Waals surface area contributed by atoms with Gasteiger partial charge in [-0.1, -0.05) is 12.1 Å². The summed E-state index contributed by atoms with van der Waals surface area (Å²) in [6.45, 7) is 7.69. The SMILES string of the molecule is CC(C)(C)OP(=O)(OCN(C(=O)c1c(F)cccc1F)c1ccn(Cc2c(F)cccc2C(F)(F)F)n1)OC(C)(C)C. The highest BCUT2D eigenvalue weighted by Crippen LogP contribution is 2.55. The summed E-state index contributed by atoms with van der Waals surface area (Å²) in [5.74, 6) is -5.30. The van der Waals surface area contributed by atoms with Crippen molar-refractivity contribution in [2.45, 2.75) is 65.5 Å². The fraction of sp³-hybridized carbons (Fsp3) is 0.407. The largest absolute Gasteiger partial charge is 0.477 e. The highest BCUT2D eigenvalue weighted by molar-refractivity contribution is 7.48. The number of carbonyl (C=O) groups excluding carboxylic acids is 1. The molecule has 0 aliphatic heterocycles. The topological polar surface area (TPSA) is 82.9 Å². The number of alkyl halides is 3. The molecular weight excluding hydrogens is 591 g/mol. The normalized spacial score (nSPS) is 13.0. The van der Waals surface area contributed by atoms with Crippen LogP contribution in [0.5, 0.6) is 0 Å². The van der Waals surface area contributed by atoms with E-state index in [4.69, 9.17) is 13.6 Å². The Balaban J connectivity index is 2.04. The number of benzene rings is 2. The lowest BCUT2D eigenvalue weighted by atomic mass is 10.1. The van der Waals surface area contributed by atoms with Crippen LogP contribution >= 0.6 is 7.82 Å². The van der Waals surface area contributed by atoms with Gasteiger partial charge in [0.15, 0.2) is 5.82 Å². The van der Waals surface area contributed by atoms with E-state index in [2.05, 4.69) is 5.10 Å². The third kappa shape index (κ3) is 8.66. The molecule has 1 amide bonds. The van der Waals surface area contributed by atoms with Crippen LogP contribution < -0.4 is 4.90 Å². The number of rotatable bonds is 9. The fourth-order valence-electron chi connectivity index (χ4n) is 3.67. The minimum absolute atomic E-state index is 0.370. The van der Waals surface area contributed by atoms with Crippen molar-refractivity contribution in [3.63, 3.8) is 0 Å². The van der Waals surface area contributed by atoms with Crippen LogP contribution in [0.25, 0.3) is 0 Å². The molecule has 3 aromatic rings. The molecule has 0 unspecified atom stereocenters. The van der Waals surface area contributed by atoms with Crippen LogP contribution in [0, 0.1) is 17.5 Å². The maximum atomic E-state index is 14.6. The van der Waals surface area contributed by atoms with Gasteiger partial charge in [0.25, 0.3) is 5.91 Å². The molecule has 0 saturated carbocycles. The van der Waals surface area contributed by atoms with Gasteiger partial charge in [0.2, 0.25) is 0 Å². The van der Waals surface area contributed by atoms with Crippen LogP contribution in [0.15, 0.2) is 48.7 Å². The Morgan fingerprint density at radius 1 is 0.881 bits per heavy atom. The second kappa shape index (κ2) is 12.2. The first-order chi connectivity index (χ1) is 19.2. The van der Waals surface area contributed by atoms with E-state index >= 15 is 0 Å². The number of hydrogen-bond acceptors (Lipinski definition) is 6. The monoisotopic (exact) mass is 621 g/mol. The lowest BCUT2D eigenvalue weighted by Gasteiger charge is -2.32. The van der Waals surface area contributed by atoms with Crippen molar-refractivity contribution in [1.29, 1.82) is 0 Å². The third-order valence-electron chi connectivity index (χ3n) is 5.19. The summed E-state index contributed by atoms with van der Waals surface area (Å²) in [6.07, 6.45) is -3.75. The highest BCUT2D eigenvalue weighted by atomic mass is 31.2. The maximum absolute atomic E-state index is 14.6. The molecule has 1 aromatic heterocycles. The van der Waals surface area contributed by atoms with E-state index in [1.807, 2.05) is 0 Å². The molecule has 0 saturated heterocycles. The Morgan fingerprint density at radius 3 is 1.93 bits per heavy atom. The third-order valence-corrected chi connectivity index (χ3v) is 7.16. The Morgan fingerprint density at radius 2 is 1.40 bits per heavy atom. The molecule has 15 heteroatoms. The van der Waals surface area contributed by atoms with Crippen LogP contribution in [0.1, 0.15) is 63.0 Å². The molecule has 0 aliphatic rings. The molecule has 0 spiro atoms. The second-order valence-corrected chi connectivity index (χ2v) is 12.6. The number of amides is 1. The first-order valence-electron chi connectivity index (χ1n) is 12.5. The Bertz CT molecular complexity index is 1440. The van der Waals surface area contributed by atoms with Gasteiger partial charge in [0, 0.05) is 17.8 Å². The van der Waals surface area contributed by atoms with Gasteiger partial charge in [-0.15, -0.1) is 0 Å². The molecule has 1 heterocycles. The summed E-state index contributed by atoms with van der Waals surface area (Å²) in [5.41, 5.74) is -5.10. The molecule has 0 N–H and O–H groups in total. The molecule has 230 valence electrons. The van der Waals surface area contributed by atoms with Crippen molar-refractivity contribution in [2.24, 2.45) is 0 Å². The first-order valence-corrected chi connectivity index (χ1v) is 14.0. The highest BCUT2D eigenvalue weighted by Gasteiger charge is 2.39. The summed E-state index contributed by atoms with van der Waals surface area (Å²) in [7, 11) is -4.46. The molecule has 3 rings (SSSR count). The van der Waals surface area contributed by atoms with Crippen LogP contribution in [-0.2, 0) is 30.9 Å². The molecule has 2 aromatic carbocycles. The number of anilines is 1. The van der Waals surface area contributed by atoms with Crippen molar-refractivity contribution in [3.8, 4) is 0 Å². The summed E-state index contributed by atoms with van der Waals surface area (Å²) in [4.78, 5) is 14.0. The smallest absolute Gasteiger partial charge is 0.281 e. The zero-order chi connectivity index (χ0) is 31.7. The lowest BCUT2D eigenvalue weighted by molar-refractivity contribution is -0.138. The summed E-state index contributed by atoms with van der Waals surface area (Å²) >= 11 is 0. The predicted octanol–water partition coefficient (Wildman–Crippen LogP) is 7.73. The standard InChI is InChI=1S/C27H30F6N3O5P/c1-25(2,3)40-42(38,41-26(4,5)6)39-16-36(24(37)23-20(29)11-8-12-21(23)30)22-13-14-35(34-22)15-17-18(27(31,32)33)9-7-10-19(17)28/h7-14H,15-16H2,1-6H3. The molecule has 0 atom stereocenters. The Hall–Kier alpha value is -3.19. The lowest BCUT2D eigenvalue weighted by Crippen LogP contribution is -2.35. The Labute approximate surface area is 238 Å². The fourth-order valence-corrected chi connectivity index (χ4v) is 5.41. The van der Waals surface area contributed by atoms with Crippen molar-refractivity contribution in [2.75, 3.05) is 11.6 Å². The molecular formula is C27H30F6N3O5P.